The number of amides is 3. The van der Waals surface area contributed by atoms with Crippen molar-refractivity contribution in [1.82, 2.24) is 10.6 Å². The van der Waals surface area contributed by atoms with E-state index in [0.29, 0.717) is 0 Å². The topological polar surface area (TPSA) is 58.2 Å². The lowest BCUT2D eigenvalue weighted by Crippen LogP contribution is -2.79. The van der Waals surface area contributed by atoms with Gasteiger partial charge in [-0.3, -0.25) is 10.1 Å². The van der Waals surface area contributed by atoms with E-state index in [9.17, 15) is 14.0 Å². The predicted octanol–water partition coefficient (Wildman–Crippen LogP) is 1.65. The standard InChI is InChI=1S/C12H17FN2O2/c13-12-7-11(5-3-1-2-4-6-11)8(12)14-10(17)15-9(12)16/h8H,1-7H2,(H2,14,15,16,17)/t8-,12+/m0/s1. The van der Waals surface area contributed by atoms with E-state index in [1.54, 1.807) is 0 Å². The molecule has 1 spiro atoms. The van der Waals surface area contributed by atoms with Gasteiger partial charge in [0.15, 0.2) is 0 Å². The van der Waals surface area contributed by atoms with Gasteiger partial charge in [-0.2, -0.15) is 0 Å². The van der Waals surface area contributed by atoms with Crippen molar-refractivity contribution in [2.75, 3.05) is 0 Å². The molecule has 3 fully saturated rings. The van der Waals surface area contributed by atoms with Gasteiger partial charge in [-0.05, 0) is 18.3 Å². The first-order valence-electron chi connectivity index (χ1n) is 6.38. The molecule has 0 bridgehead atoms. The minimum absolute atomic E-state index is 0.168. The lowest BCUT2D eigenvalue weighted by atomic mass is 9.52. The number of rotatable bonds is 0. The second kappa shape index (κ2) is 3.43. The van der Waals surface area contributed by atoms with Gasteiger partial charge in [0.2, 0.25) is 5.67 Å². The summed E-state index contributed by atoms with van der Waals surface area (Å²) in [5.74, 6) is -0.749. The monoisotopic (exact) mass is 240 g/mol. The summed E-state index contributed by atoms with van der Waals surface area (Å²) in [6.07, 6.45) is 6.63. The second-order valence-corrected chi connectivity index (χ2v) is 5.68. The van der Waals surface area contributed by atoms with E-state index in [2.05, 4.69) is 5.32 Å². The molecule has 0 aromatic rings. The fourth-order valence-electron chi connectivity index (χ4n) is 3.82. The zero-order valence-corrected chi connectivity index (χ0v) is 9.72. The zero-order chi connectivity index (χ0) is 12.1. The normalized spacial score (nSPS) is 39.7. The number of hydrogen-bond donors (Lipinski definition) is 2. The van der Waals surface area contributed by atoms with E-state index >= 15 is 0 Å². The smallest absolute Gasteiger partial charge is 0.321 e. The summed E-state index contributed by atoms with van der Waals surface area (Å²) in [4.78, 5) is 22.9. The Morgan fingerprint density at radius 1 is 1.12 bits per heavy atom. The van der Waals surface area contributed by atoms with E-state index in [1.807, 2.05) is 5.32 Å². The van der Waals surface area contributed by atoms with E-state index in [-0.39, 0.29) is 11.8 Å². The number of hydrogen-bond acceptors (Lipinski definition) is 2. The van der Waals surface area contributed by atoms with Crippen LogP contribution in [0.4, 0.5) is 9.18 Å². The van der Waals surface area contributed by atoms with Crippen molar-refractivity contribution in [3.63, 3.8) is 0 Å². The molecule has 2 saturated carbocycles. The maximum atomic E-state index is 14.5. The Bertz CT molecular complexity index is 377. The molecule has 3 amide bonds. The average molecular weight is 240 g/mol. The molecule has 3 rings (SSSR count). The highest BCUT2D eigenvalue weighted by Gasteiger charge is 2.69. The largest absolute Gasteiger partial charge is 0.331 e. The van der Waals surface area contributed by atoms with Crippen LogP contribution in [0.2, 0.25) is 0 Å². The Labute approximate surface area is 99.3 Å². The first kappa shape index (κ1) is 11.0. The van der Waals surface area contributed by atoms with Crippen LogP contribution in [0, 0.1) is 5.41 Å². The van der Waals surface area contributed by atoms with Crippen LogP contribution in [0.3, 0.4) is 0 Å². The number of alkyl halides is 1. The van der Waals surface area contributed by atoms with Crippen molar-refractivity contribution >= 4 is 11.9 Å². The van der Waals surface area contributed by atoms with Crippen molar-refractivity contribution in [3.8, 4) is 0 Å². The highest BCUT2D eigenvalue weighted by Crippen LogP contribution is 2.58. The number of nitrogens with one attached hydrogen (secondary N) is 2. The van der Waals surface area contributed by atoms with Crippen molar-refractivity contribution in [3.05, 3.63) is 0 Å². The lowest BCUT2D eigenvalue weighted by molar-refractivity contribution is -0.165. The van der Waals surface area contributed by atoms with Gasteiger partial charge in [-0.25, -0.2) is 9.18 Å². The lowest BCUT2D eigenvalue weighted by Gasteiger charge is -2.59. The number of halogens is 1. The molecule has 94 valence electrons. The fourth-order valence-corrected chi connectivity index (χ4v) is 3.82. The molecule has 17 heavy (non-hydrogen) atoms. The van der Waals surface area contributed by atoms with Gasteiger partial charge in [0, 0.05) is 6.42 Å². The third-order valence-electron chi connectivity index (χ3n) is 4.66. The highest BCUT2D eigenvalue weighted by molar-refractivity contribution is 6.03. The molecule has 1 saturated heterocycles. The molecule has 0 aromatic carbocycles. The van der Waals surface area contributed by atoms with E-state index < -0.39 is 23.6 Å². The molecule has 2 atom stereocenters. The van der Waals surface area contributed by atoms with Crippen LogP contribution in [0.15, 0.2) is 0 Å². The molecule has 4 nitrogen and oxygen atoms in total. The molecule has 1 heterocycles. The van der Waals surface area contributed by atoms with Crippen LogP contribution in [-0.2, 0) is 4.79 Å². The third-order valence-corrected chi connectivity index (χ3v) is 4.66. The SMILES string of the molecule is O=C1NC(=O)[C@@]2(F)CC3(CCCCCC3)[C@@H]2N1. The molecule has 0 radical (unpaired) electrons. The van der Waals surface area contributed by atoms with Gasteiger partial charge in [0.1, 0.15) is 0 Å². The molecular weight excluding hydrogens is 223 g/mol. The minimum Gasteiger partial charge on any atom is -0.331 e. The molecule has 5 heteroatoms. The summed E-state index contributed by atoms with van der Waals surface area (Å²) in [5, 5.41) is 4.65. The maximum Gasteiger partial charge on any atom is 0.321 e. The Balaban J connectivity index is 1.86. The summed E-state index contributed by atoms with van der Waals surface area (Å²) in [7, 11) is 0. The third kappa shape index (κ3) is 1.40. The number of carbonyl (C=O) groups excluding carboxylic acids is 2. The number of urea groups is 1. The van der Waals surface area contributed by atoms with Gasteiger partial charge in [0.05, 0.1) is 6.04 Å². The molecule has 1 aliphatic heterocycles. The van der Waals surface area contributed by atoms with Crippen molar-refractivity contribution in [1.29, 1.82) is 0 Å². The number of carbonyl (C=O) groups is 2. The second-order valence-electron chi connectivity index (χ2n) is 5.68. The quantitative estimate of drug-likeness (QED) is 0.676. The molecule has 0 aromatic heterocycles. The Hall–Kier alpha value is -1.13. The van der Waals surface area contributed by atoms with Crippen molar-refractivity contribution < 1.29 is 14.0 Å². The van der Waals surface area contributed by atoms with Crippen LogP contribution in [0.1, 0.15) is 44.9 Å². The molecule has 2 N–H and O–H groups in total. The Kier molecular flexibility index (Phi) is 2.22. The van der Waals surface area contributed by atoms with Crippen molar-refractivity contribution in [2.45, 2.75) is 56.7 Å². The summed E-state index contributed by atoms with van der Waals surface area (Å²) in [5.41, 5.74) is -2.03. The maximum absolute atomic E-state index is 14.5. The Morgan fingerprint density at radius 3 is 2.41 bits per heavy atom. The van der Waals surface area contributed by atoms with Crippen LogP contribution in [0.25, 0.3) is 0 Å². The summed E-state index contributed by atoms with van der Waals surface area (Å²) >= 11 is 0. The van der Waals surface area contributed by atoms with Crippen LogP contribution in [-0.4, -0.2) is 23.6 Å². The van der Waals surface area contributed by atoms with E-state index in [1.165, 1.54) is 12.8 Å². The first-order chi connectivity index (χ1) is 8.07. The number of imide groups is 1. The molecular formula is C12H17FN2O2. The van der Waals surface area contributed by atoms with Crippen LogP contribution < -0.4 is 10.6 Å². The number of fused-ring (bicyclic) bond motifs is 2. The molecule has 0 unspecified atom stereocenters. The zero-order valence-electron chi connectivity index (χ0n) is 9.72. The van der Waals surface area contributed by atoms with Crippen LogP contribution in [0.5, 0.6) is 0 Å². The van der Waals surface area contributed by atoms with E-state index in [4.69, 9.17) is 0 Å². The van der Waals surface area contributed by atoms with Gasteiger partial charge in [-0.15, -0.1) is 0 Å². The van der Waals surface area contributed by atoms with Crippen LogP contribution >= 0.6 is 0 Å². The van der Waals surface area contributed by atoms with Gasteiger partial charge < -0.3 is 5.32 Å². The fraction of sp³-hybridized carbons (Fsp3) is 0.833. The van der Waals surface area contributed by atoms with Crippen molar-refractivity contribution in [2.24, 2.45) is 5.41 Å². The molecule has 3 aliphatic rings. The predicted molar refractivity (Wildman–Crippen MR) is 59.1 cm³/mol. The summed E-state index contributed by atoms with van der Waals surface area (Å²) < 4.78 is 14.5. The molecule has 2 aliphatic carbocycles. The average Bonchev–Trinajstić information content (AvgIpc) is 2.51. The van der Waals surface area contributed by atoms with Gasteiger partial charge in [-0.1, -0.05) is 25.7 Å². The first-order valence-corrected chi connectivity index (χ1v) is 6.38. The summed E-state index contributed by atoms with van der Waals surface area (Å²) in [6, 6.07) is -1.15. The minimum atomic E-state index is -1.86. The Morgan fingerprint density at radius 2 is 1.76 bits per heavy atom. The highest BCUT2D eigenvalue weighted by atomic mass is 19.1. The van der Waals surface area contributed by atoms with Gasteiger partial charge >= 0.3 is 6.03 Å². The summed E-state index contributed by atoms with van der Waals surface area (Å²) in [6.45, 7) is 0. The van der Waals surface area contributed by atoms with E-state index in [0.717, 1.165) is 25.7 Å². The van der Waals surface area contributed by atoms with Gasteiger partial charge in [0.25, 0.3) is 5.91 Å².